The monoisotopic (exact) mass is 242 g/mol. The SMILES string of the molecule is CC(C)C(CCO)Nc1cc(Cl)ccc1N. The fourth-order valence-corrected chi connectivity index (χ4v) is 1.74. The summed E-state index contributed by atoms with van der Waals surface area (Å²) in [6.07, 6.45) is 0.698. The number of anilines is 2. The van der Waals surface area contributed by atoms with Gasteiger partial charge in [-0.05, 0) is 30.5 Å². The van der Waals surface area contributed by atoms with Crippen molar-refractivity contribution < 1.29 is 5.11 Å². The minimum absolute atomic E-state index is 0.163. The van der Waals surface area contributed by atoms with Gasteiger partial charge in [0, 0.05) is 17.7 Å². The van der Waals surface area contributed by atoms with Crippen LogP contribution in [0.15, 0.2) is 18.2 Å². The van der Waals surface area contributed by atoms with Gasteiger partial charge in [0.15, 0.2) is 0 Å². The summed E-state index contributed by atoms with van der Waals surface area (Å²) in [4.78, 5) is 0. The quantitative estimate of drug-likeness (QED) is 0.696. The zero-order valence-electron chi connectivity index (χ0n) is 9.70. The maximum Gasteiger partial charge on any atom is 0.0591 e. The Balaban J connectivity index is 2.80. The number of benzene rings is 1. The predicted molar refractivity (Wildman–Crippen MR) is 69.8 cm³/mol. The Kier molecular flexibility index (Phi) is 4.90. The molecule has 0 fully saturated rings. The van der Waals surface area contributed by atoms with Crippen LogP contribution < -0.4 is 11.1 Å². The normalized spacial score (nSPS) is 12.8. The molecule has 0 heterocycles. The molecule has 16 heavy (non-hydrogen) atoms. The molecule has 0 bridgehead atoms. The van der Waals surface area contributed by atoms with Gasteiger partial charge in [0.1, 0.15) is 0 Å². The summed E-state index contributed by atoms with van der Waals surface area (Å²) in [5.74, 6) is 0.422. The lowest BCUT2D eigenvalue weighted by Crippen LogP contribution is -2.27. The molecule has 3 nitrogen and oxygen atoms in total. The molecule has 1 aromatic rings. The standard InChI is InChI=1S/C12H19ClN2O/c1-8(2)11(5-6-16)15-12-7-9(13)3-4-10(12)14/h3-4,7-8,11,15-16H,5-6,14H2,1-2H3. The highest BCUT2D eigenvalue weighted by Crippen LogP contribution is 2.25. The van der Waals surface area contributed by atoms with Crippen LogP contribution in [0.25, 0.3) is 0 Å². The Labute approximate surface area is 102 Å². The molecule has 0 aromatic heterocycles. The highest BCUT2D eigenvalue weighted by Gasteiger charge is 2.13. The molecular formula is C12H19ClN2O. The van der Waals surface area contributed by atoms with Crippen molar-refractivity contribution >= 4 is 23.0 Å². The van der Waals surface area contributed by atoms with E-state index in [2.05, 4.69) is 19.2 Å². The second kappa shape index (κ2) is 5.97. The van der Waals surface area contributed by atoms with Crippen molar-refractivity contribution in [3.63, 3.8) is 0 Å². The minimum atomic E-state index is 0.163. The number of aliphatic hydroxyl groups is 1. The average molecular weight is 243 g/mol. The van der Waals surface area contributed by atoms with Gasteiger partial charge >= 0.3 is 0 Å². The van der Waals surface area contributed by atoms with E-state index in [1.54, 1.807) is 12.1 Å². The number of nitrogens with one attached hydrogen (secondary N) is 1. The van der Waals surface area contributed by atoms with Gasteiger partial charge in [-0.2, -0.15) is 0 Å². The first-order chi connectivity index (χ1) is 7.54. The second-order valence-corrected chi connectivity index (χ2v) is 4.68. The maximum absolute atomic E-state index is 8.99. The fraction of sp³-hybridized carbons (Fsp3) is 0.500. The van der Waals surface area contributed by atoms with Crippen molar-refractivity contribution in [3.05, 3.63) is 23.2 Å². The van der Waals surface area contributed by atoms with Crippen molar-refractivity contribution in [1.82, 2.24) is 0 Å². The average Bonchev–Trinajstić information content (AvgIpc) is 2.22. The third-order valence-electron chi connectivity index (χ3n) is 2.60. The zero-order chi connectivity index (χ0) is 12.1. The van der Waals surface area contributed by atoms with Crippen LogP contribution in [0, 0.1) is 5.92 Å². The van der Waals surface area contributed by atoms with Crippen LogP contribution in [-0.2, 0) is 0 Å². The number of aliphatic hydroxyl groups excluding tert-OH is 1. The molecule has 1 rings (SSSR count). The van der Waals surface area contributed by atoms with E-state index in [-0.39, 0.29) is 12.6 Å². The first kappa shape index (κ1) is 13.1. The summed E-state index contributed by atoms with van der Waals surface area (Å²) < 4.78 is 0. The van der Waals surface area contributed by atoms with Gasteiger partial charge in [-0.15, -0.1) is 0 Å². The van der Waals surface area contributed by atoms with Gasteiger partial charge in [0.2, 0.25) is 0 Å². The van der Waals surface area contributed by atoms with Crippen LogP contribution in [-0.4, -0.2) is 17.8 Å². The number of halogens is 1. The van der Waals surface area contributed by atoms with Gasteiger partial charge in [0.25, 0.3) is 0 Å². The molecule has 0 saturated heterocycles. The minimum Gasteiger partial charge on any atom is -0.397 e. The van der Waals surface area contributed by atoms with Crippen LogP contribution in [0.3, 0.4) is 0 Å². The van der Waals surface area contributed by atoms with E-state index in [9.17, 15) is 0 Å². The fourth-order valence-electron chi connectivity index (χ4n) is 1.56. The molecule has 1 aromatic carbocycles. The summed E-state index contributed by atoms with van der Waals surface area (Å²) in [5.41, 5.74) is 7.36. The topological polar surface area (TPSA) is 58.3 Å². The summed E-state index contributed by atoms with van der Waals surface area (Å²) in [6.45, 7) is 4.37. The van der Waals surface area contributed by atoms with Crippen molar-refractivity contribution in [2.75, 3.05) is 17.7 Å². The van der Waals surface area contributed by atoms with E-state index in [0.29, 0.717) is 23.0 Å². The molecule has 4 heteroatoms. The zero-order valence-corrected chi connectivity index (χ0v) is 10.5. The number of nitrogen functional groups attached to an aromatic ring is 1. The second-order valence-electron chi connectivity index (χ2n) is 4.24. The van der Waals surface area contributed by atoms with Crippen LogP contribution in [0.2, 0.25) is 5.02 Å². The summed E-state index contributed by atoms with van der Waals surface area (Å²) in [5, 5.41) is 13.0. The number of hydrogen-bond acceptors (Lipinski definition) is 3. The van der Waals surface area contributed by atoms with Crippen molar-refractivity contribution in [1.29, 1.82) is 0 Å². The Bertz CT molecular complexity index is 342. The summed E-state index contributed by atoms with van der Waals surface area (Å²) in [6, 6.07) is 5.55. The van der Waals surface area contributed by atoms with Gasteiger partial charge in [-0.3, -0.25) is 0 Å². The lowest BCUT2D eigenvalue weighted by Gasteiger charge is -2.23. The number of hydrogen-bond donors (Lipinski definition) is 3. The van der Waals surface area contributed by atoms with Gasteiger partial charge in [-0.1, -0.05) is 25.4 Å². The van der Waals surface area contributed by atoms with Crippen molar-refractivity contribution in [2.24, 2.45) is 5.92 Å². The molecule has 0 aliphatic heterocycles. The van der Waals surface area contributed by atoms with Crippen LogP contribution in [0.4, 0.5) is 11.4 Å². The van der Waals surface area contributed by atoms with Gasteiger partial charge in [-0.25, -0.2) is 0 Å². The first-order valence-corrected chi connectivity index (χ1v) is 5.84. The largest absolute Gasteiger partial charge is 0.397 e. The summed E-state index contributed by atoms with van der Waals surface area (Å²) >= 11 is 5.91. The lowest BCUT2D eigenvalue weighted by molar-refractivity contribution is 0.267. The Morgan fingerprint density at radius 1 is 1.44 bits per heavy atom. The van der Waals surface area contributed by atoms with Crippen LogP contribution in [0.1, 0.15) is 20.3 Å². The van der Waals surface area contributed by atoms with Crippen molar-refractivity contribution in [3.8, 4) is 0 Å². The Morgan fingerprint density at radius 3 is 2.69 bits per heavy atom. The molecule has 0 amide bonds. The molecule has 1 unspecified atom stereocenters. The Hall–Kier alpha value is -0.930. The van der Waals surface area contributed by atoms with E-state index in [0.717, 1.165) is 5.69 Å². The molecule has 0 aliphatic rings. The van der Waals surface area contributed by atoms with E-state index in [4.69, 9.17) is 22.4 Å². The Morgan fingerprint density at radius 2 is 2.12 bits per heavy atom. The predicted octanol–water partition coefficient (Wildman–Crippen LogP) is 2.74. The number of rotatable bonds is 5. The number of nitrogens with two attached hydrogens (primary N) is 1. The van der Waals surface area contributed by atoms with Gasteiger partial charge < -0.3 is 16.2 Å². The molecule has 0 saturated carbocycles. The van der Waals surface area contributed by atoms with Crippen LogP contribution in [0.5, 0.6) is 0 Å². The molecule has 1 atom stereocenters. The highest BCUT2D eigenvalue weighted by atomic mass is 35.5. The highest BCUT2D eigenvalue weighted by molar-refractivity contribution is 6.31. The van der Waals surface area contributed by atoms with E-state index < -0.39 is 0 Å². The molecule has 4 N–H and O–H groups in total. The van der Waals surface area contributed by atoms with Crippen molar-refractivity contribution in [2.45, 2.75) is 26.3 Å². The lowest BCUT2D eigenvalue weighted by atomic mass is 10.0. The van der Waals surface area contributed by atoms with E-state index in [1.807, 2.05) is 6.07 Å². The first-order valence-electron chi connectivity index (χ1n) is 5.47. The molecule has 0 aliphatic carbocycles. The molecule has 90 valence electrons. The third kappa shape index (κ3) is 3.58. The molecule has 0 radical (unpaired) electrons. The maximum atomic E-state index is 8.99. The molecule has 0 spiro atoms. The smallest absolute Gasteiger partial charge is 0.0591 e. The van der Waals surface area contributed by atoms with E-state index in [1.165, 1.54) is 0 Å². The van der Waals surface area contributed by atoms with Crippen LogP contribution >= 0.6 is 11.6 Å². The summed E-state index contributed by atoms with van der Waals surface area (Å²) in [7, 11) is 0. The third-order valence-corrected chi connectivity index (χ3v) is 2.84. The van der Waals surface area contributed by atoms with Gasteiger partial charge in [0.05, 0.1) is 11.4 Å². The van der Waals surface area contributed by atoms with E-state index >= 15 is 0 Å². The molecular weight excluding hydrogens is 224 g/mol.